The lowest BCUT2D eigenvalue weighted by atomic mass is 10.1. The van der Waals surface area contributed by atoms with E-state index in [0.29, 0.717) is 0 Å². The van der Waals surface area contributed by atoms with Gasteiger partial charge in [-0.15, -0.1) is 0 Å². The predicted molar refractivity (Wildman–Crippen MR) is 87.9 cm³/mol. The summed E-state index contributed by atoms with van der Waals surface area (Å²) >= 11 is 0. The molecule has 23 heavy (non-hydrogen) atoms. The van der Waals surface area contributed by atoms with Crippen LogP contribution >= 0.6 is 0 Å². The van der Waals surface area contributed by atoms with E-state index in [4.69, 9.17) is 9.47 Å². The minimum Gasteiger partial charge on any atom is -0.497 e. The molecular formula is C16H19N5O2. The Morgan fingerprint density at radius 1 is 1.17 bits per heavy atom. The van der Waals surface area contributed by atoms with Crippen LogP contribution in [0.25, 0.3) is 11.0 Å². The summed E-state index contributed by atoms with van der Waals surface area (Å²) in [7, 11) is 5.16. The van der Waals surface area contributed by atoms with Gasteiger partial charge in [-0.1, -0.05) is 0 Å². The van der Waals surface area contributed by atoms with Crippen LogP contribution in [0, 0.1) is 0 Å². The molecule has 120 valence electrons. The highest BCUT2D eigenvalue weighted by molar-refractivity contribution is 5.86. The van der Waals surface area contributed by atoms with Crippen LogP contribution in [0.3, 0.4) is 0 Å². The quantitative estimate of drug-likeness (QED) is 0.780. The van der Waals surface area contributed by atoms with Gasteiger partial charge in [-0.3, -0.25) is 4.68 Å². The molecule has 2 heterocycles. The van der Waals surface area contributed by atoms with Crippen molar-refractivity contribution in [3.63, 3.8) is 0 Å². The van der Waals surface area contributed by atoms with Crippen LogP contribution in [0.15, 0.2) is 30.7 Å². The maximum Gasteiger partial charge on any atom is 0.163 e. The fraction of sp³-hybridized carbons (Fsp3) is 0.312. The van der Waals surface area contributed by atoms with Crippen LogP contribution in [-0.2, 0) is 7.05 Å². The van der Waals surface area contributed by atoms with E-state index in [-0.39, 0.29) is 6.04 Å². The Labute approximate surface area is 134 Å². The molecular weight excluding hydrogens is 294 g/mol. The van der Waals surface area contributed by atoms with E-state index in [1.54, 1.807) is 25.1 Å². The molecule has 0 saturated heterocycles. The Morgan fingerprint density at radius 3 is 2.74 bits per heavy atom. The third kappa shape index (κ3) is 2.77. The number of aromatic nitrogens is 4. The highest BCUT2D eigenvalue weighted by atomic mass is 16.5. The van der Waals surface area contributed by atoms with Crippen molar-refractivity contribution in [1.29, 1.82) is 0 Å². The van der Waals surface area contributed by atoms with Crippen LogP contribution in [0.1, 0.15) is 18.5 Å². The highest BCUT2D eigenvalue weighted by Crippen LogP contribution is 2.32. The predicted octanol–water partition coefficient (Wildman–Crippen LogP) is 2.55. The minimum atomic E-state index is -0.0293. The Kier molecular flexibility index (Phi) is 4.01. The molecule has 7 heteroatoms. The molecule has 1 atom stereocenters. The molecule has 0 spiro atoms. The average molecular weight is 313 g/mol. The SMILES string of the molecule is COc1ccc(OC)c([C@@H](C)Nc2ncnc3c2cnn3C)c1. The maximum absolute atomic E-state index is 5.45. The molecule has 0 saturated carbocycles. The molecule has 1 aromatic carbocycles. The normalized spacial score (nSPS) is 12.2. The second-order valence-electron chi connectivity index (χ2n) is 5.20. The second kappa shape index (κ2) is 6.12. The number of benzene rings is 1. The van der Waals surface area contributed by atoms with Crippen molar-refractivity contribution in [2.45, 2.75) is 13.0 Å². The Hall–Kier alpha value is -2.83. The van der Waals surface area contributed by atoms with Crippen molar-refractivity contribution in [2.24, 2.45) is 7.05 Å². The smallest absolute Gasteiger partial charge is 0.163 e. The van der Waals surface area contributed by atoms with Gasteiger partial charge in [-0.25, -0.2) is 9.97 Å². The molecule has 7 nitrogen and oxygen atoms in total. The first-order chi connectivity index (χ1) is 11.1. The summed E-state index contributed by atoms with van der Waals surface area (Å²) in [6.45, 7) is 2.04. The number of nitrogens with zero attached hydrogens (tertiary/aromatic N) is 4. The molecule has 0 amide bonds. The first-order valence-electron chi connectivity index (χ1n) is 7.25. The van der Waals surface area contributed by atoms with Gasteiger partial charge in [0.25, 0.3) is 0 Å². The molecule has 0 unspecified atom stereocenters. The highest BCUT2D eigenvalue weighted by Gasteiger charge is 2.15. The Balaban J connectivity index is 1.96. The van der Waals surface area contributed by atoms with E-state index >= 15 is 0 Å². The lowest BCUT2D eigenvalue weighted by molar-refractivity contribution is 0.397. The first-order valence-corrected chi connectivity index (χ1v) is 7.25. The summed E-state index contributed by atoms with van der Waals surface area (Å²) in [5.41, 5.74) is 1.77. The lowest BCUT2D eigenvalue weighted by Gasteiger charge is -2.19. The zero-order valence-electron chi connectivity index (χ0n) is 13.6. The largest absolute Gasteiger partial charge is 0.497 e. The van der Waals surface area contributed by atoms with Crippen molar-refractivity contribution in [2.75, 3.05) is 19.5 Å². The molecule has 0 fully saturated rings. The zero-order chi connectivity index (χ0) is 16.4. The first kappa shape index (κ1) is 15.1. The number of hydrogen-bond donors (Lipinski definition) is 1. The van der Waals surface area contributed by atoms with Gasteiger partial charge in [0.2, 0.25) is 0 Å². The fourth-order valence-electron chi connectivity index (χ4n) is 2.54. The number of aryl methyl sites for hydroxylation is 1. The van der Waals surface area contributed by atoms with E-state index in [1.165, 1.54) is 6.33 Å². The van der Waals surface area contributed by atoms with Gasteiger partial charge >= 0.3 is 0 Å². The van der Waals surface area contributed by atoms with E-state index in [9.17, 15) is 0 Å². The number of anilines is 1. The van der Waals surface area contributed by atoms with Crippen molar-refractivity contribution in [1.82, 2.24) is 19.7 Å². The number of methoxy groups -OCH3 is 2. The summed E-state index contributed by atoms with van der Waals surface area (Å²) in [6.07, 6.45) is 3.29. The van der Waals surface area contributed by atoms with Crippen LogP contribution in [0.2, 0.25) is 0 Å². The van der Waals surface area contributed by atoms with Crippen molar-refractivity contribution >= 4 is 16.9 Å². The van der Waals surface area contributed by atoms with Crippen molar-refractivity contribution in [3.05, 3.63) is 36.3 Å². The van der Waals surface area contributed by atoms with Gasteiger partial charge in [0.15, 0.2) is 5.65 Å². The number of ether oxygens (including phenoxy) is 2. The topological polar surface area (TPSA) is 74.1 Å². The third-order valence-corrected chi connectivity index (χ3v) is 3.79. The molecule has 3 rings (SSSR count). The molecule has 0 aliphatic rings. The van der Waals surface area contributed by atoms with Crippen LogP contribution in [0.4, 0.5) is 5.82 Å². The second-order valence-corrected chi connectivity index (χ2v) is 5.20. The standard InChI is InChI=1S/C16H19N5O2/c1-10(12-7-11(22-3)5-6-14(12)23-4)20-15-13-8-19-21(2)16(13)18-9-17-15/h5-10H,1-4H3,(H,17,18,20)/t10-/m1/s1. The maximum atomic E-state index is 5.45. The summed E-state index contributed by atoms with van der Waals surface area (Å²) in [5.74, 6) is 2.31. The van der Waals surface area contributed by atoms with Gasteiger partial charge in [0.1, 0.15) is 23.6 Å². The molecule has 0 aliphatic heterocycles. The van der Waals surface area contributed by atoms with Gasteiger partial charge in [0, 0.05) is 12.6 Å². The van der Waals surface area contributed by atoms with Crippen molar-refractivity contribution < 1.29 is 9.47 Å². The molecule has 0 radical (unpaired) electrons. The molecule has 3 aromatic rings. The van der Waals surface area contributed by atoms with Crippen molar-refractivity contribution in [3.8, 4) is 11.5 Å². The van der Waals surface area contributed by atoms with Gasteiger partial charge in [-0.2, -0.15) is 5.10 Å². The van der Waals surface area contributed by atoms with E-state index in [2.05, 4.69) is 20.4 Å². The monoisotopic (exact) mass is 313 g/mol. The average Bonchev–Trinajstić information content (AvgIpc) is 2.96. The minimum absolute atomic E-state index is 0.0293. The number of hydrogen-bond acceptors (Lipinski definition) is 6. The van der Waals surface area contributed by atoms with E-state index in [0.717, 1.165) is 33.9 Å². The number of fused-ring (bicyclic) bond motifs is 1. The van der Waals surface area contributed by atoms with Gasteiger partial charge in [0.05, 0.1) is 31.8 Å². The van der Waals surface area contributed by atoms with E-state index < -0.39 is 0 Å². The van der Waals surface area contributed by atoms with Gasteiger partial charge < -0.3 is 14.8 Å². The summed E-state index contributed by atoms with van der Waals surface area (Å²) in [6, 6.07) is 5.70. The Morgan fingerprint density at radius 2 is 2.00 bits per heavy atom. The zero-order valence-corrected chi connectivity index (χ0v) is 13.6. The van der Waals surface area contributed by atoms with Gasteiger partial charge in [-0.05, 0) is 25.1 Å². The summed E-state index contributed by atoms with van der Waals surface area (Å²) < 4.78 is 12.5. The molecule has 0 bridgehead atoms. The number of nitrogens with one attached hydrogen (secondary N) is 1. The number of rotatable bonds is 5. The molecule has 1 N–H and O–H groups in total. The van der Waals surface area contributed by atoms with Crippen LogP contribution < -0.4 is 14.8 Å². The summed E-state index contributed by atoms with van der Waals surface area (Å²) in [5, 5.41) is 8.51. The van der Waals surface area contributed by atoms with Crippen LogP contribution in [0.5, 0.6) is 11.5 Å². The Bertz CT molecular complexity index is 830. The molecule has 2 aromatic heterocycles. The third-order valence-electron chi connectivity index (χ3n) is 3.79. The van der Waals surface area contributed by atoms with Crippen LogP contribution in [-0.4, -0.2) is 34.0 Å². The van der Waals surface area contributed by atoms with E-state index in [1.807, 2.05) is 32.2 Å². The molecule has 0 aliphatic carbocycles. The summed E-state index contributed by atoms with van der Waals surface area (Å²) in [4.78, 5) is 8.58. The fourth-order valence-corrected chi connectivity index (χ4v) is 2.54. The lowest BCUT2D eigenvalue weighted by Crippen LogP contribution is -2.10.